The van der Waals surface area contributed by atoms with Gasteiger partial charge in [-0.1, -0.05) is 19.1 Å². The van der Waals surface area contributed by atoms with Gasteiger partial charge in [0.1, 0.15) is 6.04 Å². The van der Waals surface area contributed by atoms with Gasteiger partial charge in [0, 0.05) is 0 Å². The average Bonchev–Trinajstić information content (AvgIpc) is 2.85. The molecule has 0 amide bonds. The third kappa shape index (κ3) is 3.86. The van der Waals surface area contributed by atoms with E-state index in [-0.39, 0.29) is 23.4 Å². The second-order valence-electron chi connectivity index (χ2n) is 5.14. The number of carbonyl (C=O) groups excluding carboxylic acids is 1. The Hall–Kier alpha value is -2.71. The molecule has 2 N–H and O–H groups in total. The second kappa shape index (κ2) is 7.04. The van der Waals surface area contributed by atoms with Crippen LogP contribution in [0, 0.1) is 6.01 Å². The Bertz CT molecular complexity index is 770. The number of hydrogen-bond acceptors (Lipinski definition) is 5. The minimum Gasteiger partial charge on any atom is -0.502 e. The van der Waals surface area contributed by atoms with E-state index in [1.807, 2.05) is 0 Å². The second-order valence-corrected chi connectivity index (χ2v) is 5.14. The Morgan fingerprint density at radius 2 is 2.08 bits per heavy atom. The maximum Gasteiger partial charge on any atom is 0.416 e. The van der Waals surface area contributed by atoms with Crippen molar-refractivity contribution in [3.63, 3.8) is 0 Å². The van der Waals surface area contributed by atoms with Gasteiger partial charge in [-0.25, -0.2) is 4.79 Å². The summed E-state index contributed by atoms with van der Waals surface area (Å²) in [6.07, 6.45) is -4.38. The van der Waals surface area contributed by atoms with Crippen LogP contribution in [0.1, 0.15) is 18.9 Å². The van der Waals surface area contributed by atoms with E-state index in [1.54, 1.807) is 6.92 Å². The molecule has 2 rings (SSSR count). The molecule has 0 saturated heterocycles. The number of furan rings is 1. The fourth-order valence-electron chi connectivity index (χ4n) is 2.24. The van der Waals surface area contributed by atoms with E-state index in [0.29, 0.717) is 0 Å². The summed E-state index contributed by atoms with van der Waals surface area (Å²) in [7, 11) is 1.15. The van der Waals surface area contributed by atoms with Crippen molar-refractivity contribution in [3.8, 4) is 16.9 Å². The molecule has 5 nitrogen and oxygen atoms in total. The van der Waals surface area contributed by atoms with Crippen LogP contribution in [0.25, 0.3) is 11.1 Å². The fourth-order valence-corrected chi connectivity index (χ4v) is 2.24. The lowest BCUT2D eigenvalue weighted by Gasteiger charge is -2.15. The Morgan fingerprint density at radius 3 is 2.64 bits per heavy atom. The van der Waals surface area contributed by atoms with E-state index in [2.05, 4.69) is 10.1 Å². The number of rotatable bonds is 5. The van der Waals surface area contributed by atoms with Gasteiger partial charge in [-0.15, -0.1) is 0 Å². The van der Waals surface area contributed by atoms with Crippen molar-refractivity contribution in [1.82, 2.24) is 0 Å². The van der Waals surface area contributed by atoms with Crippen molar-refractivity contribution < 1.29 is 36.6 Å². The predicted molar refractivity (Wildman–Crippen MR) is 80.5 cm³/mol. The average molecular weight is 361 g/mol. The van der Waals surface area contributed by atoms with E-state index in [9.17, 15) is 27.5 Å². The van der Waals surface area contributed by atoms with Crippen LogP contribution in [0.15, 0.2) is 28.7 Å². The molecule has 0 bridgehead atoms. The summed E-state index contributed by atoms with van der Waals surface area (Å²) < 4.78 is 61.6. The lowest BCUT2D eigenvalue weighted by Crippen LogP contribution is -2.29. The molecule has 0 fully saturated rings. The van der Waals surface area contributed by atoms with Gasteiger partial charge in [0.2, 0.25) is 11.6 Å². The summed E-state index contributed by atoms with van der Waals surface area (Å²) in [5.74, 6) is -2.00. The number of benzene rings is 1. The number of carbonyl (C=O) groups is 1. The topological polar surface area (TPSA) is 71.7 Å². The monoisotopic (exact) mass is 361 g/mol. The largest absolute Gasteiger partial charge is 0.502 e. The van der Waals surface area contributed by atoms with E-state index in [1.165, 1.54) is 6.07 Å². The lowest BCUT2D eigenvalue weighted by molar-refractivity contribution is -0.141. The molecule has 0 spiro atoms. The lowest BCUT2D eigenvalue weighted by atomic mass is 10.0. The molecule has 25 heavy (non-hydrogen) atoms. The SMILES string of the molecule is CCC(Nc1oc(F)c(O)c1-c1cccc(C(F)(F)F)c1)C(=O)OC. The van der Waals surface area contributed by atoms with Gasteiger partial charge >= 0.3 is 18.2 Å². The standard InChI is InChI=1S/C16H15F4NO4/c1-3-10(15(23)24-2)21-14-11(12(22)13(17)25-14)8-5-4-6-9(7-8)16(18,19)20/h4-7,10,21-22H,3H2,1-2H3. The van der Waals surface area contributed by atoms with Crippen LogP contribution in [0.2, 0.25) is 0 Å². The van der Waals surface area contributed by atoms with Gasteiger partial charge in [-0.2, -0.15) is 17.6 Å². The van der Waals surface area contributed by atoms with Crippen molar-refractivity contribution >= 4 is 11.9 Å². The van der Waals surface area contributed by atoms with Crippen LogP contribution < -0.4 is 5.32 Å². The van der Waals surface area contributed by atoms with Crippen molar-refractivity contribution in [2.24, 2.45) is 0 Å². The summed E-state index contributed by atoms with van der Waals surface area (Å²) in [6, 6.07) is 1.64. The molecule has 0 saturated carbocycles. The Balaban J connectivity index is 2.50. The first-order valence-corrected chi connectivity index (χ1v) is 7.22. The Labute approximate surface area is 140 Å². The van der Waals surface area contributed by atoms with E-state index < -0.39 is 35.5 Å². The molecule has 1 atom stereocenters. The first kappa shape index (κ1) is 18.6. The third-order valence-electron chi connectivity index (χ3n) is 3.52. The van der Waals surface area contributed by atoms with E-state index >= 15 is 0 Å². The quantitative estimate of drug-likeness (QED) is 0.618. The molecular formula is C16H15F4NO4. The predicted octanol–water partition coefficient (Wildman–Crippen LogP) is 4.17. The number of anilines is 1. The maximum absolute atomic E-state index is 13.7. The van der Waals surface area contributed by atoms with Gasteiger partial charge < -0.3 is 19.6 Å². The number of esters is 1. The van der Waals surface area contributed by atoms with E-state index in [4.69, 9.17) is 4.42 Å². The molecular weight excluding hydrogens is 346 g/mol. The normalized spacial score (nSPS) is 12.7. The minimum absolute atomic E-state index is 0.123. The molecule has 0 radical (unpaired) electrons. The van der Waals surface area contributed by atoms with Crippen LogP contribution in [-0.4, -0.2) is 24.2 Å². The number of halogens is 4. The Morgan fingerprint density at radius 1 is 1.40 bits per heavy atom. The van der Waals surface area contributed by atoms with Gasteiger partial charge in [-0.3, -0.25) is 0 Å². The molecule has 9 heteroatoms. The highest BCUT2D eigenvalue weighted by Crippen LogP contribution is 2.42. The minimum atomic E-state index is -4.61. The first-order valence-electron chi connectivity index (χ1n) is 7.22. The summed E-state index contributed by atoms with van der Waals surface area (Å²) in [6.45, 7) is 1.64. The highest BCUT2D eigenvalue weighted by molar-refractivity contribution is 5.84. The molecule has 136 valence electrons. The number of hydrogen-bond donors (Lipinski definition) is 2. The van der Waals surface area contributed by atoms with Gasteiger partial charge in [-0.05, 0) is 24.1 Å². The molecule has 1 heterocycles. The van der Waals surface area contributed by atoms with Gasteiger partial charge in [0.25, 0.3) is 0 Å². The molecule has 1 aromatic heterocycles. The van der Waals surface area contributed by atoms with Crippen molar-refractivity contribution in [1.29, 1.82) is 0 Å². The Kier molecular flexibility index (Phi) is 5.24. The highest BCUT2D eigenvalue weighted by Gasteiger charge is 2.32. The summed E-state index contributed by atoms with van der Waals surface area (Å²) in [5, 5.41) is 12.4. The van der Waals surface area contributed by atoms with Crippen molar-refractivity contribution in [3.05, 3.63) is 35.8 Å². The molecule has 1 aromatic carbocycles. The number of alkyl halides is 3. The third-order valence-corrected chi connectivity index (χ3v) is 3.52. The zero-order valence-corrected chi connectivity index (χ0v) is 13.3. The first-order chi connectivity index (χ1) is 11.7. The van der Waals surface area contributed by atoms with Crippen molar-refractivity contribution in [2.45, 2.75) is 25.6 Å². The molecule has 1 unspecified atom stereocenters. The van der Waals surface area contributed by atoms with Gasteiger partial charge in [0.05, 0.1) is 18.2 Å². The van der Waals surface area contributed by atoms with Crippen LogP contribution in [0.3, 0.4) is 0 Å². The zero-order chi connectivity index (χ0) is 18.8. The fraction of sp³-hybridized carbons (Fsp3) is 0.312. The number of aromatic hydroxyl groups is 1. The van der Waals surface area contributed by atoms with Gasteiger partial charge in [0.15, 0.2) is 0 Å². The number of nitrogens with one attached hydrogen (secondary N) is 1. The van der Waals surface area contributed by atoms with Crippen LogP contribution in [0.5, 0.6) is 5.75 Å². The van der Waals surface area contributed by atoms with Crippen molar-refractivity contribution in [2.75, 3.05) is 12.4 Å². The molecule has 0 aliphatic heterocycles. The van der Waals surface area contributed by atoms with Crippen LogP contribution in [0.4, 0.5) is 23.4 Å². The molecule has 0 aliphatic carbocycles. The molecule has 2 aromatic rings. The van der Waals surface area contributed by atoms with E-state index in [0.717, 1.165) is 25.3 Å². The summed E-state index contributed by atoms with van der Waals surface area (Å²) in [5.41, 5.74) is -1.41. The smallest absolute Gasteiger partial charge is 0.416 e. The van der Waals surface area contributed by atoms with Crippen LogP contribution >= 0.6 is 0 Å². The highest BCUT2D eigenvalue weighted by atomic mass is 19.4. The zero-order valence-electron chi connectivity index (χ0n) is 13.3. The van der Waals surface area contributed by atoms with Crippen LogP contribution in [-0.2, 0) is 15.7 Å². The summed E-state index contributed by atoms with van der Waals surface area (Å²) in [4.78, 5) is 11.6. The summed E-state index contributed by atoms with van der Waals surface area (Å²) >= 11 is 0. The number of methoxy groups -OCH3 is 1. The molecule has 0 aliphatic rings. The number of ether oxygens (including phenoxy) is 1. The maximum atomic E-state index is 13.7.